The first-order valence-electron chi connectivity index (χ1n) is 12.7. The van der Waals surface area contributed by atoms with Gasteiger partial charge in [-0.25, -0.2) is 4.98 Å². The lowest BCUT2D eigenvalue weighted by molar-refractivity contribution is 0.0254. The minimum Gasteiger partial charge on any atom is -0.446 e. The van der Waals surface area contributed by atoms with E-state index in [4.69, 9.17) is 10.2 Å². The highest BCUT2D eigenvalue weighted by Crippen LogP contribution is 2.57. The van der Waals surface area contributed by atoms with Crippen LogP contribution in [0.4, 0.5) is 0 Å². The maximum Gasteiger partial charge on any atom is 0.273 e. The quantitative estimate of drug-likeness (QED) is 0.573. The Balaban J connectivity index is 1.50. The Labute approximate surface area is 198 Å². The Bertz CT molecular complexity index is 1010. The summed E-state index contributed by atoms with van der Waals surface area (Å²) in [6, 6.07) is 6.87. The number of fused-ring (bicyclic) bond motifs is 3. The molecule has 2 aliphatic carbocycles. The van der Waals surface area contributed by atoms with Gasteiger partial charge >= 0.3 is 0 Å². The van der Waals surface area contributed by atoms with Crippen molar-refractivity contribution in [3.8, 4) is 0 Å². The highest BCUT2D eigenvalue weighted by Gasteiger charge is 2.51. The van der Waals surface area contributed by atoms with E-state index in [1.807, 2.05) is 13.8 Å². The molecule has 1 amide bonds. The van der Waals surface area contributed by atoms with E-state index in [1.165, 1.54) is 42.2 Å². The Kier molecular flexibility index (Phi) is 6.47. The zero-order valence-electron chi connectivity index (χ0n) is 21.2. The Hall–Kier alpha value is -2.14. The fourth-order valence-corrected chi connectivity index (χ4v) is 6.42. The third-order valence-electron chi connectivity index (χ3n) is 8.58. The van der Waals surface area contributed by atoms with Gasteiger partial charge in [0.25, 0.3) is 5.91 Å². The fourth-order valence-electron chi connectivity index (χ4n) is 6.42. The number of hydrogen-bond acceptors (Lipinski definition) is 4. The molecule has 1 fully saturated rings. The maximum absolute atomic E-state index is 12.9. The average Bonchev–Trinajstić information content (AvgIpc) is 3.26. The number of nitrogens with two attached hydrogens (primary N) is 1. The van der Waals surface area contributed by atoms with Crippen molar-refractivity contribution in [1.29, 1.82) is 0 Å². The topological polar surface area (TPSA) is 81.2 Å². The van der Waals surface area contributed by atoms with Crippen LogP contribution in [0.3, 0.4) is 0 Å². The van der Waals surface area contributed by atoms with E-state index >= 15 is 0 Å². The van der Waals surface area contributed by atoms with Crippen molar-refractivity contribution in [1.82, 2.24) is 10.3 Å². The first-order valence-corrected chi connectivity index (χ1v) is 12.7. The van der Waals surface area contributed by atoms with Crippen molar-refractivity contribution in [2.75, 3.05) is 6.54 Å². The normalized spacial score (nSPS) is 27.8. The number of rotatable bonds is 6. The molecule has 5 nitrogen and oxygen atoms in total. The molecule has 1 aromatic heterocycles. The van der Waals surface area contributed by atoms with Crippen LogP contribution in [-0.2, 0) is 11.8 Å². The number of aromatic nitrogens is 1. The van der Waals surface area contributed by atoms with Gasteiger partial charge in [-0.2, -0.15) is 0 Å². The molecule has 4 rings (SSSR count). The number of aryl methyl sites for hydroxylation is 1. The molecule has 0 spiro atoms. The van der Waals surface area contributed by atoms with E-state index in [2.05, 4.69) is 56.2 Å². The molecule has 3 N–H and O–H groups in total. The number of oxazole rings is 1. The zero-order valence-corrected chi connectivity index (χ0v) is 21.2. The molecule has 180 valence electrons. The summed E-state index contributed by atoms with van der Waals surface area (Å²) in [6.45, 7) is 14.0. The minimum absolute atomic E-state index is 0.0535. The number of hydrogen-bond donors (Lipinski definition) is 2. The molecule has 0 radical (unpaired) electrons. The monoisotopic (exact) mass is 451 g/mol. The van der Waals surface area contributed by atoms with Crippen LogP contribution in [0.5, 0.6) is 0 Å². The van der Waals surface area contributed by atoms with E-state index in [1.54, 1.807) is 0 Å². The van der Waals surface area contributed by atoms with Gasteiger partial charge in [-0.05, 0) is 71.0 Å². The lowest BCUT2D eigenvalue weighted by Crippen LogP contribution is -2.53. The van der Waals surface area contributed by atoms with Crippen molar-refractivity contribution in [2.45, 2.75) is 91.0 Å². The molecule has 2 aliphatic rings. The predicted octanol–water partition coefficient (Wildman–Crippen LogP) is 5.89. The molecule has 1 saturated carbocycles. The van der Waals surface area contributed by atoms with Crippen LogP contribution in [0.15, 0.2) is 28.9 Å². The summed E-state index contributed by atoms with van der Waals surface area (Å²) in [7, 11) is 0. The number of nitrogens with one attached hydrogen (secondary N) is 1. The van der Waals surface area contributed by atoms with Crippen LogP contribution in [0, 0.1) is 17.3 Å². The standard InChI is InChI=1S/C28H41N3O2/c1-17(2)19-8-10-21-20(14-19)9-11-23-27(5,12-7-13-28(21,23)6)16-30-25(32)22-15-33-26(31-22)24(29)18(3)4/h8,10,14-15,17-18,23-24H,7,9,11-13,16,29H2,1-6H3,(H,30,32). The summed E-state index contributed by atoms with van der Waals surface area (Å²) < 4.78 is 5.50. The van der Waals surface area contributed by atoms with E-state index in [-0.39, 0.29) is 28.7 Å². The second-order valence-corrected chi connectivity index (χ2v) is 11.6. The molecule has 33 heavy (non-hydrogen) atoms. The summed E-state index contributed by atoms with van der Waals surface area (Å²) >= 11 is 0. The summed E-state index contributed by atoms with van der Waals surface area (Å²) in [5, 5.41) is 3.19. The molecule has 2 aromatic rings. The second kappa shape index (κ2) is 8.90. The average molecular weight is 452 g/mol. The number of amides is 1. The zero-order chi connectivity index (χ0) is 24.0. The molecule has 4 atom stereocenters. The van der Waals surface area contributed by atoms with Crippen molar-refractivity contribution < 1.29 is 9.21 Å². The molecule has 0 saturated heterocycles. The summed E-state index contributed by atoms with van der Waals surface area (Å²) in [4.78, 5) is 17.3. The van der Waals surface area contributed by atoms with Gasteiger partial charge in [0, 0.05) is 6.54 Å². The van der Waals surface area contributed by atoms with Crippen LogP contribution in [-0.4, -0.2) is 17.4 Å². The van der Waals surface area contributed by atoms with Gasteiger partial charge in [0.05, 0.1) is 6.04 Å². The third-order valence-corrected chi connectivity index (χ3v) is 8.58. The van der Waals surface area contributed by atoms with E-state index in [0.29, 0.717) is 30.0 Å². The maximum atomic E-state index is 12.9. The van der Waals surface area contributed by atoms with Gasteiger partial charge in [-0.3, -0.25) is 4.79 Å². The smallest absolute Gasteiger partial charge is 0.273 e. The molecular weight excluding hydrogens is 410 g/mol. The third kappa shape index (κ3) is 4.37. The lowest BCUT2D eigenvalue weighted by Gasteiger charge is -2.55. The molecule has 0 bridgehead atoms. The number of nitrogens with zero attached hydrogens (tertiary/aromatic N) is 1. The molecule has 1 heterocycles. The SMILES string of the molecule is CC(C)c1ccc2c(c1)CCC1C(C)(CNC(=O)c3coc(C(N)C(C)C)n3)CCCC21C. The first kappa shape index (κ1) is 24.0. The minimum atomic E-state index is -0.304. The Morgan fingerprint density at radius 1 is 1.24 bits per heavy atom. The van der Waals surface area contributed by atoms with Gasteiger partial charge in [0.2, 0.25) is 5.89 Å². The number of carbonyl (C=O) groups is 1. The summed E-state index contributed by atoms with van der Waals surface area (Å²) in [5.41, 5.74) is 11.2. The van der Waals surface area contributed by atoms with Crippen LogP contribution in [0.25, 0.3) is 0 Å². The van der Waals surface area contributed by atoms with E-state index in [9.17, 15) is 4.79 Å². The van der Waals surface area contributed by atoms with E-state index in [0.717, 1.165) is 12.8 Å². The summed E-state index contributed by atoms with van der Waals surface area (Å²) in [5.74, 6) is 1.55. The molecule has 0 aliphatic heterocycles. The predicted molar refractivity (Wildman–Crippen MR) is 132 cm³/mol. The fraction of sp³-hybridized carbons (Fsp3) is 0.643. The van der Waals surface area contributed by atoms with Gasteiger partial charge in [0.15, 0.2) is 5.69 Å². The Morgan fingerprint density at radius 3 is 2.70 bits per heavy atom. The Morgan fingerprint density at radius 2 is 2.00 bits per heavy atom. The molecule has 5 heteroatoms. The van der Waals surface area contributed by atoms with Gasteiger partial charge in [0.1, 0.15) is 6.26 Å². The largest absolute Gasteiger partial charge is 0.446 e. The van der Waals surface area contributed by atoms with E-state index < -0.39 is 0 Å². The van der Waals surface area contributed by atoms with Crippen molar-refractivity contribution >= 4 is 5.91 Å². The molecule has 1 aromatic carbocycles. The van der Waals surface area contributed by atoms with Gasteiger partial charge in [-0.1, -0.05) is 66.2 Å². The summed E-state index contributed by atoms with van der Waals surface area (Å²) in [6.07, 6.45) is 7.27. The first-order chi connectivity index (χ1) is 15.5. The highest BCUT2D eigenvalue weighted by molar-refractivity contribution is 5.91. The highest BCUT2D eigenvalue weighted by atomic mass is 16.3. The molecular formula is C28H41N3O2. The van der Waals surface area contributed by atoms with Gasteiger partial charge < -0.3 is 15.5 Å². The number of benzene rings is 1. The lowest BCUT2D eigenvalue weighted by atomic mass is 9.49. The van der Waals surface area contributed by atoms with Crippen molar-refractivity contribution in [3.05, 3.63) is 52.7 Å². The molecule has 4 unspecified atom stereocenters. The number of carbonyl (C=O) groups excluding carboxylic acids is 1. The van der Waals surface area contributed by atoms with Gasteiger partial charge in [-0.15, -0.1) is 0 Å². The van der Waals surface area contributed by atoms with Crippen molar-refractivity contribution in [2.24, 2.45) is 23.0 Å². The van der Waals surface area contributed by atoms with Crippen LogP contribution in [0.1, 0.15) is 112 Å². The van der Waals surface area contributed by atoms with Crippen LogP contribution < -0.4 is 11.1 Å². The van der Waals surface area contributed by atoms with Crippen molar-refractivity contribution in [3.63, 3.8) is 0 Å². The second-order valence-electron chi connectivity index (χ2n) is 11.6. The van der Waals surface area contributed by atoms with Crippen LogP contribution in [0.2, 0.25) is 0 Å². The van der Waals surface area contributed by atoms with Crippen LogP contribution >= 0.6 is 0 Å².